The molecule has 0 aliphatic rings. The fourth-order valence-electron chi connectivity index (χ4n) is 2.20. The van der Waals surface area contributed by atoms with Crippen molar-refractivity contribution in [3.63, 3.8) is 0 Å². The van der Waals surface area contributed by atoms with Gasteiger partial charge in [-0.15, -0.1) is 11.3 Å². The molecule has 1 aromatic carbocycles. The Bertz CT molecular complexity index is 843. The molecular formula is C18H17N3O2S. The Kier molecular flexibility index (Phi) is 4.86. The minimum absolute atomic E-state index is 0.200. The average Bonchev–Trinajstić information content (AvgIpc) is 3.10. The Morgan fingerprint density at radius 3 is 2.67 bits per heavy atom. The van der Waals surface area contributed by atoms with Gasteiger partial charge in [-0.05, 0) is 43.3 Å². The molecule has 3 aromatic rings. The number of aryl methyl sites for hydroxylation is 1. The maximum Gasteiger partial charge on any atom is 0.271 e. The number of rotatable bonds is 5. The summed E-state index contributed by atoms with van der Waals surface area (Å²) in [4.78, 5) is 21.0. The van der Waals surface area contributed by atoms with Gasteiger partial charge in [-0.1, -0.05) is 6.07 Å². The Balaban J connectivity index is 1.66. The highest BCUT2D eigenvalue weighted by Crippen LogP contribution is 2.25. The Labute approximate surface area is 144 Å². The smallest absolute Gasteiger partial charge is 0.271 e. The Morgan fingerprint density at radius 1 is 1.17 bits per heavy atom. The third kappa shape index (κ3) is 3.78. The third-order valence-corrected chi connectivity index (χ3v) is 4.34. The maximum absolute atomic E-state index is 12.2. The third-order valence-electron chi connectivity index (χ3n) is 3.45. The first-order valence-electron chi connectivity index (χ1n) is 7.46. The first-order chi connectivity index (χ1) is 11.7. The maximum atomic E-state index is 12.2. The molecule has 5 nitrogen and oxygen atoms in total. The van der Waals surface area contributed by atoms with Crippen LogP contribution in [0.25, 0.3) is 10.6 Å². The second-order valence-corrected chi connectivity index (χ2v) is 6.08. The molecule has 0 radical (unpaired) electrons. The summed E-state index contributed by atoms with van der Waals surface area (Å²) in [7, 11) is 1.63. The largest absolute Gasteiger partial charge is 0.497 e. The predicted octanol–water partition coefficient (Wildman–Crippen LogP) is 3.45. The van der Waals surface area contributed by atoms with Crippen LogP contribution in [0.5, 0.6) is 5.75 Å². The molecule has 2 heterocycles. The van der Waals surface area contributed by atoms with Crippen molar-refractivity contribution >= 4 is 17.2 Å². The standard InChI is InChI=1S/C18H17N3O2S/c1-12-4-3-5-14(20-12)10-19-17(22)16-11-24-18(21-16)13-6-8-15(23-2)9-7-13/h3-9,11H,10H2,1-2H3,(H,19,22). The van der Waals surface area contributed by atoms with Gasteiger partial charge in [0, 0.05) is 16.6 Å². The van der Waals surface area contributed by atoms with Crippen molar-refractivity contribution in [2.45, 2.75) is 13.5 Å². The van der Waals surface area contributed by atoms with Gasteiger partial charge in [-0.25, -0.2) is 4.98 Å². The zero-order valence-electron chi connectivity index (χ0n) is 13.4. The molecule has 0 saturated heterocycles. The second-order valence-electron chi connectivity index (χ2n) is 5.22. The molecule has 6 heteroatoms. The van der Waals surface area contributed by atoms with Crippen molar-refractivity contribution in [1.82, 2.24) is 15.3 Å². The summed E-state index contributed by atoms with van der Waals surface area (Å²) in [5, 5.41) is 5.41. The van der Waals surface area contributed by atoms with Crippen LogP contribution in [0, 0.1) is 6.92 Å². The summed E-state index contributed by atoms with van der Waals surface area (Å²) >= 11 is 1.44. The van der Waals surface area contributed by atoms with Gasteiger partial charge in [-0.3, -0.25) is 9.78 Å². The molecule has 0 spiro atoms. The lowest BCUT2D eigenvalue weighted by Gasteiger charge is -2.03. The van der Waals surface area contributed by atoms with Crippen molar-refractivity contribution in [3.8, 4) is 16.3 Å². The summed E-state index contributed by atoms with van der Waals surface area (Å²) in [6.07, 6.45) is 0. The van der Waals surface area contributed by atoms with Crippen LogP contribution in [0.15, 0.2) is 47.8 Å². The van der Waals surface area contributed by atoms with Gasteiger partial charge in [0.2, 0.25) is 0 Å². The van der Waals surface area contributed by atoms with E-state index in [2.05, 4.69) is 15.3 Å². The van der Waals surface area contributed by atoms with E-state index in [0.29, 0.717) is 12.2 Å². The molecular weight excluding hydrogens is 322 g/mol. The molecule has 0 bridgehead atoms. The summed E-state index contributed by atoms with van der Waals surface area (Å²) in [5.74, 6) is 0.591. The lowest BCUT2D eigenvalue weighted by Crippen LogP contribution is -2.23. The molecule has 122 valence electrons. The number of carbonyl (C=O) groups is 1. The summed E-state index contributed by atoms with van der Waals surface area (Å²) in [6, 6.07) is 13.3. The van der Waals surface area contributed by atoms with Crippen molar-refractivity contribution in [1.29, 1.82) is 0 Å². The highest BCUT2D eigenvalue weighted by molar-refractivity contribution is 7.13. The number of hydrogen-bond acceptors (Lipinski definition) is 5. The first kappa shape index (κ1) is 16.1. The number of carbonyl (C=O) groups excluding carboxylic acids is 1. The minimum Gasteiger partial charge on any atom is -0.497 e. The number of amides is 1. The van der Waals surface area contributed by atoms with Crippen LogP contribution in [-0.4, -0.2) is 23.0 Å². The molecule has 2 aromatic heterocycles. The van der Waals surface area contributed by atoms with E-state index in [0.717, 1.165) is 27.7 Å². The van der Waals surface area contributed by atoms with E-state index in [1.54, 1.807) is 12.5 Å². The fourth-order valence-corrected chi connectivity index (χ4v) is 3.01. The molecule has 1 amide bonds. The number of pyridine rings is 1. The lowest BCUT2D eigenvalue weighted by molar-refractivity contribution is 0.0946. The van der Waals surface area contributed by atoms with Crippen molar-refractivity contribution < 1.29 is 9.53 Å². The number of hydrogen-bond donors (Lipinski definition) is 1. The van der Waals surface area contributed by atoms with Gasteiger partial charge in [0.15, 0.2) is 0 Å². The van der Waals surface area contributed by atoms with E-state index in [9.17, 15) is 4.79 Å². The molecule has 0 atom stereocenters. The monoisotopic (exact) mass is 339 g/mol. The van der Waals surface area contributed by atoms with Crippen LogP contribution >= 0.6 is 11.3 Å². The van der Waals surface area contributed by atoms with E-state index in [4.69, 9.17) is 4.74 Å². The summed E-state index contributed by atoms with van der Waals surface area (Å²) in [5.41, 5.74) is 3.13. The second kappa shape index (κ2) is 7.23. The SMILES string of the molecule is COc1ccc(-c2nc(C(=O)NCc3cccc(C)n3)cs2)cc1. The molecule has 0 saturated carbocycles. The highest BCUT2D eigenvalue weighted by atomic mass is 32.1. The molecule has 0 unspecified atom stereocenters. The zero-order valence-corrected chi connectivity index (χ0v) is 14.3. The van der Waals surface area contributed by atoms with Crippen molar-refractivity contribution in [2.24, 2.45) is 0 Å². The predicted molar refractivity (Wildman–Crippen MR) is 94.2 cm³/mol. The molecule has 3 rings (SSSR count). The average molecular weight is 339 g/mol. The number of benzene rings is 1. The number of ether oxygens (including phenoxy) is 1. The quantitative estimate of drug-likeness (QED) is 0.773. The van der Waals surface area contributed by atoms with Crippen LogP contribution in [0.2, 0.25) is 0 Å². The Hall–Kier alpha value is -2.73. The van der Waals surface area contributed by atoms with E-state index < -0.39 is 0 Å². The van der Waals surface area contributed by atoms with E-state index >= 15 is 0 Å². The molecule has 0 fully saturated rings. The van der Waals surface area contributed by atoms with Gasteiger partial charge in [0.1, 0.15) is 16.5 Å². The first-order valence-corrected chi connectivity index (χ1v) is 8.34. The van der Waals surface area contributed by atoms with Crippen LogP contribution in [0.4, 0.5) is 0 Å². The van der Waals surface area contributed by atoms with Gasteiger partial charge >= 0.3 is 0 Å². The Morgan fingerprint density at radius 2 is 1.96 bits per heavy atom. The van der Waals surface area contributed by atoms with E-state index in [1.807, 2.05) is 49.4 Å². The van der Waals surface area contributed by atoms with Crippen LogP contribution in [-0.2, 0) is 6.54 Å². The van der Waals surface area contributed by atoms with Gasteiger partial charge in [0.05, 0.1) is 19.3 Å². The van der Waals surface area contributed by atoms with E-state index in [-0.39, 0.29) is 5.91 Å². The fraction of sp³-hybridized carbons (Fsp3) is 0.167. The van der Waals surface area contributed by atoms with Gasteiger partial charge < -0.3 is 10.1 Å². The van der Waals surface area contributed by atoms with Crippen LogP contribution in [0.3, 0.4) is 0 Å². The number of nitrogens with one attached hydrogen (secondary N) is 1. The highest BCUT2D eigenvalue weighted by Gasteiger charge is 2.12. The normalized spacial score (nSPS) is 10.4. The topological polar surface area (TPSA) is 64.1 Å². The number of thiazole rings is 1. The molecule has 0 aliphatic heterocycles. The lowest BCUT2D eigenvalue weighted by atomic mass is 10.2. The molecule has 24 heavy (non-hydrogen) atoms. The minimum atomic E-state index is -0.200. The summed E-state index contributed by atoms with van der Waals surface area (Å²) in [6.45, 7) is 2.31. The number of methoxy groups -OCH3 is 1. The van der Waals surface area contributed by atoms with Crippen molar-refractivity contribution in [2.75, 3.05) is 7.11 Å². The number of nitrogens with zero attached hydrogens (tertiary/aromatic N) is 2. The summed E-state index contributed by atoms with van der Waals surface area (Å²) < 4.78 is 5.14. The zero-order chi connectivity index (χ0) is 16.9. The van der Waals surface area contributed by atoms with Gasteiger partial charge in [-0.2, -0.15) is 0 Å². The van der Waals surface area contributed by atoms with E-state index in [1.165, 1.54) is 11.3 Å². The van der Waals surface area contributed by atoms with Crippen LogP contribution in [0.1, 0.15) is 21.9 Å². The molecule has 0 aliphatic carbocycles. The van der Waals surface area contributed by atoms with Crippen LogP contribution < -0.4 is 10.1 Å². The van der Waals surface area contributed by atoms with Crippen molar-refractivity contribution in [3.05, 3.63) is 64.9 Å². The molecule has 1 N–H and O–H groups in total. The van der Waals surface area contributed by atoms with Gasteiger partial charge in [0.25, 0.3) is 5.91 Å². The number of aromatic nitrogens is 2.